The van der Waals surface area contributed by atoms with E-state index in [9.17, 15) is 4.79 Å². The number of nitrogens with zero attached hydrogens (tertiary/aromatic N) is 2. The minimum absolute atomic E-state index is 0.178. The lowest BCUT2D eigenvalue weighted by Crippen LogP contribution is -2.32. The quantitative estimate of drug-likeness (QED) is 0.882. The van der Waals surface area contributed by atoms with Gasteiger partial charge in [0.15, 0.2) is 0 Å². The van der Waals surface area contributed by atoms with Gasteiger partial charge in [-0.3, -0.25) is 4.79 Å². The van der Waals surface area contributed by atoms with E-state index in [-0.39, 0.29) is 17.2 Å². The Balaban J connectivity index is 1.61. The number of amides is 1. The highest BCUT2D eigenvalue weighted by molar-refractivity contribution is 5.94. The highest BCUT2D eigenvalue weighted by Crippen LogP contribution is 2.58. The van der Waals surface area contributed by atoms with E-state index < -0.39 is 0 Å². The second-order valence-corrected chi connectivity index (χ2v) is 6.65. The van der Waals surface area contributed by atoms with Crippen LogP contribution in [0, 0.1) is 17.3 Å². The SMILES string of the molecule is CC(C)Cn1nccc1NC(=O)C1CC12CCNCC2. The molecule has 1 aliphatic carbocycles. The molecule has 2 aliphatic rings. The van der Waals surface area contributed by atoms with Crippen LogP contribution in [0.15, 0.2) is 12.3 Å². The van der Waals surface area contributed by atoms with Crippen LogP contribution in [0.4, 0.5) is 5.82 Å². The molecule has 2 fully saturated rings. The Hall–Kier alpha value is -1.36. The standard InChI is InChI=1S/C15H24N4O/c1-11(2)10-19-13(3-6-17-19)18-14(20)12-9-15(12)4-7-16-8-5-15/h3,6,11-12,16H,4-5,7-10H2,1-2H3,(H,18,20). The Morgan fingerprint density at radius 1 is 1.55 bits per heavy atom. The number of hydrogen-bond acceptors (Lipinski definition) is 3. The maximum absolute atomic E-state index is 12.4. The summed E-state index contributed by atoms with van der Waals surface area (Å²) < 4.78 is 1.89. The first-order valence-electron chi connectivity index (χ1n) is 7.64. The van der Waals surface area contributed by atoms with Gasteiger partial charge < -0.3 is 10.6 Å². The molecule has 0 radical (unpaired) electrons. The predicted molar refractivity (Wildman–Crippen MR) is 78.3 cm³/mol. The monoisotopic (exact) mass is 276 g/mol. The molecule has 5 nitrogen and oxygen atoms in total. The summed E-state index contributed by atoms with van der Waals surface area (Å²) >= 11 is 0. The lowest BCUT2D eigenvalue weighted by atomic mass is 9.92. The molecule has 1 amide bonds. The Bertz CT molecular complexity index is 488. The topological polar surface area (TPSA) is 59.0 Å². The number of nitrogens with one attached hydrogen (secondary N) is 2. The van der Waals surface area contributed by atoms with Crippen LogP contribution < -0.4 is 10.6 Å². The molecule has 1 atom stereocenters. The summed E-state index contributed by atoms with van der Waals surface area (Å²) in [4.78, 5) is 12.4. The third-order valence-corrected chi connectivity index (χ3v) is 4.61. The minimum atomic E-state index is 0.178. The lowest BCUT2D eigenvalue weighted by Gasteiger charge is -2.23. The van der Waals surface area contributed by atoms with Gasteiger partial charge >= 0.3 is 0 Å². The van der Waals surface area contributed by atoms with Crippen LogP contribution in [-0.2, 0) is 11.3 Å². The van der Waals surface area contributed by atoms with Crippen LogP contribution in [0.25, 0.3) is 0 Å². The number of aromatic nitrogens is 2. The maximum Gasteiger partial charge on any atom is 0.229 e. The predicted octanol–water partition coefficient (Wildman–Crippen LogP) is 1.87. The van der Waals surface area contributed by atoms with E-state index in [0.717, 1.165) is 44.7 Å². The third-order valence-electron chi connectivity index (χ3n) is 4.61. The molecule has 1 aliphatic heterocycles. The van der Waals surface area contributed by atoms with Gasteiger partial charge in [0.25, 0.3) is 0 Å². The summed E-state index contributed by atoms with van der Waals surface area (Å²) in [6.45, 7) is 7.24. The molecule has 1 spiro atoms. The van der Waals surface area contributed by atoms with E-state index in [2.05, 4.69) is 29.6 Å². The van der Waals surface area contributed by atoms with Crippen LogP contribution in [0.2, 0.25) is 0 Å². The molecule has 1 aromatic heterocycles. The fourth-order valence-corrected chi connectivity index (χ4v) is 3.34. The van der Waals surface area contributed by atoms with Crippen molar-refractivity contribution in [3.05, 3.63) is 12.3 Å². The fraction of sp³-hybridized carbons (Fsp3) is 0.733. The van der Waals surface area contributed by atoms with Crippen molar-refractivity contribution in [1.29, 1.82) is 0 Å². The highest BCUT2D eigenvalue weighted by Gasteiger charge is 2.57. The number of rotatable bonds is 4. The van der Waals surface area contributed by atoms with Gasteiger partial charge in [-0.2, -0.15) is 5.10 Å². The molecular formula is C15H24N4O. The average Bonchev–Trinajstić information content (AvgIpc) is 2.93. The Labute approximate surface area is 120 Å². The van der Waals surface area contributed by atoms with Gasteiger partial charge in [0, 0.05) is 18.5 Å². The Morgan fingerprint density at radius 2 is 2.30 bits per heavy atom. The van der Waals surface area contributed by atoms with E-state index in [1.165, 1.54) is 0 Å². The van der Waals surface area contributed by atoms with Crippen LogP contribution >= 0.6 is 0 Å². The molecule has 110 valence electrons. The number of anilines is 1. The molecule has 1 aromatic rings. The second-order valence-electron chi connectivity index (χ2n) is 6.65. The largest absolute Gasteiger partial charge is 0.317 e. The van der Waals surface area contributed by atoms with Gasteiger partial charge in [-0.1, -0.05) is 13.8 Å². The van der Waals surface area contributed by atoms with Gasteiger partial charge in [-0.15, -0.1) is 0 Å². The van der Waals surface area contributed by atoms with Crippen molar-refractivity contribution in [3.63, 3.8) is 0 Å². The van der Waals surface area contributed by atoms with E-state index in [1.54, 1.807) is 6.20 Å². The molecule has 5 heteroatoms. The maximum atomic E-state index is 12.4. The second kappa shape index (κ2) is 5.20. The molecule has 1 saturated carbocycles. The number of piperidine rings is 1. The zero-order chi connectivity index (χ0) is 14.2. The summed E-state index contributed by atoms with van der Waals surface area (Å²) in [5, 5.41) is 10.7. The van der Waals surface area contributed by atoms with Crippen molar-refractivity contribution in [2.24, 2.45) is 17.3 Å². The molecule has 2 N–H and O–H groups in total. The van der Waals surface area contributed by atoms with Gasteiger partial charge in [0.05, 0.1) is 6.20 Å². The van der Waals surface area contributed by atoms with E-state index >= 15 is 0 Å². The highest BCUT2D eigenvalue weighted by atomic mass is 16.2. The minimum Gasteiger partial charge on any atom is -0.317 e. The third kappa shape index (κ3) is 2.59. The average molecular weight is 276 g/mol. The van der Waals surface area contributed by atoms with Crippen LogP contribution in [0.1, 0.15) is 33.1 Å². The molecule has 0 aromatic carbocycles. The first kappa shape index (κ1) is 13.6. The van der Waals surface area contributed by atoms with E-state index in [4.69, 9.17) is 0 Å². The summed E-state index contributed by atoms with van der Waals surface area (Å²) in [5.41, 5.74) is 0.290. The van der Waals surface area contributed by atoms with Crippen molar-refractivity contribution in [2.75, 3.05) is 18.4 Å². The molecule has 20 heavy (non-hydrogen) atoms. The van der Waals surface area contributed by atoms with Gasteiger partial charge in [0.1, 0.15) is 5.82 Å². The van der Waals surface area contributed by atoms with Crippen LogP contribution in [0.5, 0.6) is 0 Å². The lowest BCUT2D eigenvalue weighted by molar-refractivity contribution is -0.118. The molecule has 1 saturated heterocycles. The molecule has 2 heterocycles. The number of carbonyl (C=O) groups excluding carboxylic acids is 1. The summed E-state index contributed by atoms with van der Waals surface area (Å²) in [7, 11) is 0. The van der Waals surface area contributed by atoms with Crippen molar-refractivity contribution < 1.29 is 4.79 Å². The first-order chi connectivity index (χ1) is 9.61. The molecule has 3 rings (SSSR count). The van der Waals surface area contributed by atoms with E-state index in [0.29, 0.717) is 5.92 Å². The van der Waals surface area contributed by atoms with Crippen molar-refractivity contribution >= 4 is 11.7 Å². The zero-order valence-corrected chi connectivity index (χ0v) is 12.4. The summed E-state index contributed by atoms with van der Waals surface area (Å²) in [6, 6.07) is 1.89. The first-order valence-corrected chi connectivity index (χ1v) is 7.64. The van der Waals surface area contributed by atoms with Gasteiger partial charge in [0.2, 0.25) is 5.91 Å². The normalized spacial score (nSPS) is 24.1. The number of carbonyl (C=O) groups is 1. The van der Waals surface area contributed by atoms with Gasteiger partial charge in [-0.25, -0.2) is 4.68 Å². The smallest absolute Gasteiger partial charge is 0.229 e. The summed E-state index contributed by atoms with van der Waals surface area (Å²) in [5.74, 6) is 1.73. The van der Waals surface area contributed by atoms with Crippen LogP contribution in [-0.4, -0.2) is 28.8 Å². The van der Waals surface area contributed by atoms with Crippen molar-refractivity contribution in [3.8, 4) is 0 Å². The van der Waals surface area contributed by atoms with Crippen LogP contribution in [0.3, 0.4) is 0 Å². The molecular weight excluding hydrogens is 252 g/mol. The van der Waals surface area contributed by atoms with Gasteiger partial charge in [-0.05, 0) is 43.7 Å². The zero-order valence-electron chi connectivity index (χ0n) is 12.4. The molecule has 0 bridgehead atoms. The van der Waals surface area contributed by atoms with E-state index in [1.807, 2.05) is 10.7 Å². The fourth-order valence-electron chi connectivity index (χ4n) is 3.34. The number of hydrogen-bond donors (Lipinski definition) is 2. The molecule has 1 unspecified atom stereocenters. The van der Waals surface area contributed by atoms with Crippen molar-refractivity contribution in [1.82, 2.24) is 15.1 Å². The van der Waals surface area contributed by atoms with Crippen molar-refractivity contribution in [2.45, 2.75) is 39.7 Å². The summed E-state index contributed by atoms with van der Waals surface area (Å²) in [6.07, 6.45) is 5.08. The Kier molecular flexibility index (Phi) is 3.54. The Morgan fingerprint density at radius 3 is 3.00 bits per heavy atom.